The fourth-order valence-corrected chi connectivity index (χ4v) is 3.27. The molecular formula is C19H21Cl3FN3O. The topological polar surface area (TPSA) is 44.4 Å². The standard InChI is InChI=1S/C19H20Cl2FN3O.ClH/c20-17-4-1-13(11-18(17)21)16-12-14(22)2-3-15(16)19(26)24-7-10-25-8-5-23-6-9-25;/h1-4,11-12,23H,5-10H2,(H,24,26);1H. The van der Waals surface area contributed by atoms with Gasteiger partial charge in [0, 0.05) is 44.8 Å². The van der Waals surface area contributed by atoms with Gasteiger partial charge in [-0.25, -0.2) is 4.39 Å². The van der Waals surface area contributed by atoms with E-state index in [0.29, 0.717) is 33.3 Å². The van der Waals surface area contributed by atoms with Crippen molar-refractivity contribution in [1.29, 1.82) is 0 Å². The summed E-state index contributed by atoms with van der Waals surface area (Å²) in [6.07, 6.45) is 0. The third-order valence-electron chi connectivity index (χ3n) is 4.38. The molecule has 0 radical (unpaired) electrons. The zero-order valence-electron chi connectivity index (χ0n) is 14.6. The number of nitrogens with one attached hydrogen (secondary N) is 2. The molecule has 1 saturated heterocycles. The van der Waals surface area contributed by atoms with Gasteiger partial charge in [0.25, 0.3) is 5.91 Å². The third-order valence-corrected chi connectivity index (χ3v) is 5.12. The molecule has 2 aromatic carbocycles. The van der Waals surface area contributed by atoms with Gasteiger partial charge in [-0.15, -0.1) is 12.4 Å². The molecule has 146 valence electrons. The number of carbonyl (C=O) groups is 1. The molecule has 0 spiro atoms. The minimum atomic E-state index is -0.413. The van der Waals surface area contributed by atoms with E-state index in [2.05, 4.69) is 15.5 Å². The van der Waals surface area contributed by atoms with E-state index in [1.54, 1.807) is 18.2 Å². The Morgan fingerprint density at radius 3 is 2.56 bits per heavy atom. The molecule has 8 heteroatoms. The number of hydrogen-bond donors (Lipinski definition) is 2. The van der Waals surface area contributed by atoms with Crippen molar-refractivity contribution in [2.45, 2.75) is 0 Å². The maximum atomic E-state index is 13.8. The summed E-state index contributed by atoms with van der Waals surface area (Å²) in [4.78, 5) is 14.9. The van der Waals surface area contributed by atoms with Gasteiger partial charge in [0.2, 0.25) is 0 Å². The van der Waals surface area contributed by atoms with E-state index in [4.69, 9.17) is 23.2 Å². The fraction of sp³-hybridized carbons (Fsp3) is 0.316. The van der Waals surface area contributed by atoms with Gasteiger partial charge < -0.3 is 10.6 Å². The largest absolute Gasteiger partial charge is 0.351 e. The zero-order chi connectivity index (χ0) is 18.5. The molecule has 2 N–H and O–H groups in total. The third kappa shape index (κ3) is 5.80. The number of halogens is 4. The number of hydrogen-bond acceptors (Lipinski definition) is 3. The minimum absolute atomic E-state index is 0. The van der Waals surface area contributed by atoms with Crippen LogP contribution in [0.1, 0.15) is 10.4 Å². The van der Waals surface area contributed by atoms with Crippen LogP contribution in [0.4, 0.5) is 4.39 Å². The molecular weight excluding hydrogens is 412 g/mol. The second-order valence-electron chi connectivity index (χ2n) is 6.17. The molecule has 4 nitrogen and oxygen atoms in total. The number of carbonyl (C=O) groups excluding carboxylic acids is 1. The lowest BCUT2D eigenvalue weighted by Crippen LogP contribution is -2.46. The van der Waals surface area contributed by atoms with E-state index in [9.17, 15) is 9.18 Å². The summed E-state index contributed by atoms with van der Waals surface area (Å²) >= 11 is 12.0. The molecule has 1 aliphatic heterocycles. The van der Waals surface area contributed by atoms with Crippen LogP contribution in [-0.2, 0) is 0 Å². The lowest BCUT2D eigenvalue weighted by atomic mass is 9.99. The van der Waals surface area contributed by atoms with Crippen molar-refractivity contribution in [2.75, 3.05) is 39.3 Å². The average molecular weight is 433 g/mol. The molecule has 27 heavy (non-hydrogen) atoms. The van der Waals surface area contributed by atoms with Crippen LogP contribution in [0.2, 0.25) is 10.0 Å². The first-order chi connectivity index (χ1) is 12.5. The van der Waals surface area contributed by atoms with Gasteiger partial charge in [-0.3, -0.25) is 9.69 Å². The quantitative estimate of drug-likeness (QED) is 0.754. The van der Waals surface area contributed by atoms with E-state index >= 15 is 0 Å². The Bertz CT molecular complexity index is 798. The number of benzene rings is 2. The van der Waals surface area contributed by atoms with Crippen LogP contribution in [0.15, 0.2) is 36.4 Å². The molecule has 3 rings (SSSR count). The monoisotopic (exact) mass is 431 g/mol. The van der Waals surface area contributed by atoms with E-state index in [1.165, 1.54) is 18.2 Å². The van der Waals surface area contributed by atoms with Crippen molar-refractivity contribution >= 4 is 41.5 Å². The Labute approximate surface area is 174 Å². The molecule has 1 fully saturated rings. The van der Waals surface area contributed by atoms with Gasteiger partial charge in [-0.2, -0.15) is 0 Å². The number of piperazine rings is 1. The summed E-state index contributed by atoms with van der Waals surface area (Å²) in [6.45, 7) is 5.20. The lowest BCUT2D eigenvalue weighted by Gasteiger charge is -2.27. The van der Waals surface area contributed by atoms with E-state index in [1.807, 2.05) is 0 Å². The lowest BCUT2D eigenvalue weighted by molar-refractivity contribution is 0.0948. The molecule has 0 bridgehead atoms. The number of rotatable bonds is 5. The first kappa shape index (κ1) is 21.9. The second kappa shape index (κ2) is 10.2. The van der Waals surface area contributed by atoms with Gasteiger partial charge in [0.1, 0.15) is 5.82 Å². The highest BCUT2D eigenvalue weighted by molar-refractivity contribution is 6.42. The summed E-state index contributed by atoms with van der Waals surface area (Å²) in [5, 5.41) is 6.98. The van der Waals surface area contributed by atoms with Crippen molar-refractivity contribution in [3.63, 3.8) is 0 Å². The van der Waals surface area contributed by atoms with E-state index in [0.717, 1.165) is 32.7 Å². The summed E-state index contributed by atoms with van der Waals surface area (Å²) in [7, 11) is 0. The Kier molecular flexibility index (Phi) is 8.32. The maximum Gasteiger partial charge on any atom is 0.251 e. The van der Waals surface area contributed by atoms with E-state index in [-0.39, 0.29) is 18.3 Å². The van der Waals surface area contributed by atoms with Crippen molar-refractivity contribution < 1.29 is 9.18 Å². The second-order valence-corrected chi connectivity index (χ2v) is 6.98. The van der Waals surface area contributed by atoms with Gasteiger partial charge in [-0.05, 0) is 41.5 Å². The van der Waals surface area contributed by atoms with Crippen molar-refractivity contribution in [3.05, 3.63) is 57.8 Å². The zero-order valence-corrected chi connectivity index (χ0v) is 16.9. The summed E-state index contributed by atoms with van der Waals surface area (Å²) in [5.74, 6) is -0.648. The highest BCUT2D eigenvalue weighted by atomic mass is 35.5. The Morgan fingerprint density at radius 1 is 1.11 bits per heavy atom. The SMILES string of the molecule is Cl.O=C(NCCN1CCNCC1)c1ccc(F)cc1-c1ccc(Cl)c(Cl)c1. The van der Waals surface area contributed by atoms with Crippen LogP contribution in [0.5, 0.6) is 0 Å². The average Bonchev–Trinajstić information content (AvgIpc) is 2.64. The molecule has 2 aromatic rings. The molecule has 0 aliphatic carbocycles. The van der Waals surface area contributed by atoms with Crippen molar-refractivity contribution in [3.8, 4) is 11.1 Å². The fourth-order valence-electron chi connectivity index (χ4n) is 2.97. The summed E-state index contributed by atoms with van der Waals surface area (Å²) < 4.78 is 13.8. The first-order valence-corrected chi connectivity index (χ1v) is 9.26. The molecule has 0 unspecified atom stereocenters. The molecule has 1 aliphatic rings. The normalized spacial score (nSPS) is 14.5. The number of amides is 1. The van der Waals surface area contributed by atoms with Crippen molar-refractivity contribution in [1.82, 2.24) is 15.5 Å². The highest BCUT2D eigenvalue weighted by Crippen LogP contribution is 2.31. The molecule has 1 amide bonds. The van der Waals surface area contributed by atoms with Gasteiger partial charge in [0.15, 0.2) is 0 Å². The van der Waals surface area contributed by atoms with Crippen LogP contribution >= 0.6 is 35.6 Å². The minimum Gasteiger partial charge on any atom is -0.351 e. The van der Waals surface area contributed by atoms with Crippen molar-refractivity contribution in [2.24, 2.45) is 0 Å². The van der Waals surface area contributed by atoms with Gasteiger partial charge in [0.05, 0.1) is 10.0 Å². The Balaban J connectivity index is 0.00000261. The highest BCUT2D eigenvalue weighted by Gasteiger charge is 2.15. The molecule has 0 atom stereocenters. The van der Waals surface area contributed by atoms with Crippen LogP contribution in [0, 0.1) is 5.82 Å². The predicted octanol–water partition coefficient (Wildman–Crippen LogP) is 3.86. The molecule has 0 saturated carbocycles. The van der Waals surface area contributed by atoms with Crippen LogP contribution < -0.4 is 10.6 Å². The van der Waals surface area contributed by atoms with Crippen LogP contribution in [-0.4, -0.2) is 50.1 Å². The first-order valence-electron chi connectivity index (χ1n) is 8.51. The predicted molar refractivity (Wildman–Crippen MR) is 111 cm³/mol. The van der Waals surface area contributed by atoms with E-state index < -0.39 is 5.82 Å². The number of nitrogens with zero attached hydrogens (tertiary/aromatic N) is 1. The van der Waals surface area contributed by atoms with Gasteiger partial charge in [-0.1, -0.05) is 29.3 Å². The summed E-state index contributed by atoms with van der Waals surface area (Å²) in [6, 6.07) is 9.11. The maximum absolute atomic E-state index is 13.8. The molecule has 0 aromatic heterocycles. The van der Waals surface area contributed by atoms with Crippen LogP contribution in [0.25, 0.3) is 11.1 Å². The Morgan fingerprint density at radius 2 is 1.85 bits per heavy atom. The smallest absolute Gasteiger partial charge is 0.251 e. The summed E-state index contributed by atoms with van der Waals surface area (Å²) in [5.41, 5.74) is 1.54. The molecule has 1 heterocycles. The van der Waals surface area contributed by atoms with Crippen LogP contribution in [0.3, 0.4) is 0 Å². The van der Waals surface area contributed by atoms with Gasteiger partial charge >= 0.3 is 0 Å². The Hall–Kier alpha value is -1.37.